The molecule has 0 aromatic rings. The van der Waals surface area contributed by atoms with Gasteiger partial charge in [0.15, 0.2) is 0 Å². The number of nitrogens with one attached hydrogen (secondary N) is 1. The van der Waals surface area contributed by atoms with Crippen LogP contribution in [-0.4, -0.2) is 29.9 Å². The largest absolute Gasteiger partial charge is 0.388 e. The lowest BCUT2D eigenvalue weighted by Gasteiger charge is -2.32. The van der Waals surface area contributed by atoms with E-state index in [0.29, 0.717) is 24.3 Å². The molecule has 3 heteroatoms. The highest BCUT2D eigenvalue weighted by Crippen LogP contribution is 2.35. The van der Waals surface area contributed by atoms with Crippen molar-refractivity contribution in [2.45, 2.75) is 51.6 Å². The second-order valence-electron chi connectivity index (χ2n) is 4.53. The Bertz CT molecular complexity index is 199. The predicted molar refractivity (Wildman–Crippen MR) is 60.6 cm³/mol. The standard InChI is InChI=1S/C11H23N3/c1-4-10(7-11(12)13)14(3)8(2)9-5-6-9/h8-10H,4-7H2,1-3H3,(H3,12,13). The monoisotopic (exact) mass is 197 g/mol. The number of nitrogens with two attached hydrogens (primary N) is 1. The number of hydrogen-bond donors (Lipinski definition) is 2. The maximum atomic E-state index is 7.34. The Balaban J connectivity index is 2.44. The average molecular weight is 197 g/mol. The van der Waals surface area contributed by atoms with Gasteiger partial charge in [-0.3, -0.25) is 5.41 Å². The minimum absolute atomic E-state index is 0.312. The van der Waals surface area contributed by atoms with Crippen LogP contribution in [0, 0.1) is 11.3 Å². The summed E-state index contributed by atoms with van der Waals surface area (Å²) >= 11 is 0. The average Bonchev–Trinajstić information content (AvgIpc) is 2.94. The number of hydrogen-bond acceptors (Lipinski definition) is 2. The van der Waals surface area contributed by atoms with Gasteiger partial charge in [-0.2, -0.15) is 0 Å². The molecule has 1 aliphatic rings. The molecule has 3 N–H and O–H groups in total. The quantitative estimate of drug-likeness (QED) is 0.504. The number of nitrogens with zero attached hydrogens (tertiary/aromatic N) is 1. The van der Waals surface area contributed by atoms with Gasteiger partial charge in [0.1, 0.15) is 0 Å². The van der Waals surface area contributed by atoms with Crippen molar-refractivity contribution in [2.24, 2.45) is 11.7 Å². The molecule has 0 spiro atoms. The van der Waals surface area contributed by atoms with E-state index < -0.39 is 0 Å². The van der Waals surface area contributed by atoms with Crippen molar-refractivity contribution in [3.8, 4) is 0 Å². The van der Waals surface area contributed by atoms with E-state index in [4.69, 9.17) is 11.1 Å². The zero-order valence-electron chi connectivity index (χ0n) is 9.59. The fraction of sp³-hybridized carbons (Fsp3) is 0.909. The van der Waals surface area contributed by atoms with Gasteiger partial charge >= 0.3 is 0 Å². The van der Waals surface area contributed by atoms with Crippen LogP contribution in [-0.2, 0) is 0 Å². The van der Waals surface area contributed by atoms with Crippen LogP contribution in [0.3, 0.4) is 0 Å². The van der Waals surface area contributed by atoms with Crippen molar-refractivity contribution in [3.05, 3.63) is 0 Å². The molecule has 1 fully saturated rings. The number of rotatable bonds is 6. The SMILES string of the molecule is CCC(CC(=N)N)N(C)C(C)C1CC1. The van der Waals surface area contributed by atoms with Gasteiger partial charge in [0.05, 0.1) is 5.84 Å². The molecule has 2 atom stereocenters. The van der Waals surface area contributed by atoms with Crippen molar-refractivity contribution >= 4 is 5.84 Å². The molecule has 1 rings (SSSR count). The smallest absolute Gasteiger partial charge is 0.0921 e. The topological polar surface area (TPSA) is 53.1 Å². The fourth-order valence-corrected chi connectivity index (χ4v) is 2.07. The normalized spacial score (nSPS) is 20.9. The summed E-state index contributed by atoms with van der Waals surface area (Å²) in [7, 11) is 2.17. The van der Waals surface area contributed by atoms with E-state index in [1.54, 1.807) is 0 Å². The minimum atomic E-state index is 0.312. The van der Waals surface area contributed by atoms with Gasteiger partial charge in [0.2, 0.25) is 0 Å². The Morgan fingerprint density at radius 1 is 1.57 bits per heavy atom. The molecule has 0 amide bonds. The van der Waals surface area contributed by atoms with Crippen molar-refractivity contribution in [1.29, 1.82) is 5.41 Å². The third-order valence-electron chi connectivity index (χ3n) is 3.45. The molecule has 82 valence electrons. The maximum Gasteiger partial charge on any atom is 0.0921 e. The zero-order valence-corrected chi connectivity index (χ0v) is 9.59. The number of amidine groups is 1. The molecule has 1 saturated carbocycles. The van der Waals surface area contributed by atoms with Gasteiger partial charge in [0, 0.05) is 18.5 Å². The summed E-state index contributed by atoms with van der Waals surface area (Å²) in [6.07, 6.45) is 4.54. The van der Waals surface area contributed by atoms with Crippen LogP contribution in [0.15, 0.2) is 0 Å². The molecular formula is C11H23N3. The summed E-state index contributed by atoms with van der Waals surface area (Å²) in [5.41, 5.74) is 5.46. The molecule has 2 unspecified atom stereocenters. The van der Waals surface area contributed by atoms with Crippen LogP contribution >= 0.6 is 0 Å². The van der Waals surface area contributed by atoms with E-state index in [9.17, 15) is 0 Å². The second kappa shape index (κ2) is 4.78. The Morgan fingerprint density at radius 2 is 2.14 bits per heavy atom. The lowest BCUT2D eigenvalue weighted by Crippen LogP contribution is -2.41. The molecule has 0 bridgehead atoms. The highest BCUT2D eigenvalue weighted by Gasteiger charge is 2.32. The molecule has 1 aliphatic carbocycles. The van der Waals surface area contributed by atoms with Crippen LogP contribution in [0.25, 0.3) is 0 Å². The van der Waals surface area contributed by atoms with Crippen molar-refractivity contribution in [3.63, 3.8) is 0 Å². The van der Waals surface area contributed by atoms with Gasteiger partial charge in [0.25, 0.3) is 0 Å². The van der Waals surface area contributed by atoms with Gasteiger partial charge in [-0.1, -0.05) is 6.92 Å². The summed E-state index contributed by atoms with van der Waals surface area (Å²) in [6, 6.07) is 1.10. The van der Waals surface area contributed by atoms with E-state index in [0.717, 1.165) is 12.3 Å². The highest BCUT2D eigenvalue weighted by molar-refractivity contribution is 5.77. The summed E-state index contributed by atoms with van der Waals surface area (Å²) in [5, 5.41) is 7.34. The van der Waals surface area contributed by atoms with Gasteiger partial charge in [-0.15, -0.1) is 0 Å². The maximum absolute atomic E-state index is 7.34. The molecule has 0 aromatic heterocycles. The Labute approximate surface area is 87.2 Å². The fourth-order valence-electron chi connectivity index (χ4n) is 2.07. The predicted octanol–water partition coefficient (Wildman–Crippen LogP) is 1.82. The molecule has 0 aromatic carbocycles. The van der Waals surface area contributed by atoms with Crippen LogP contribution in [0.4, 0.5) is 0 Å². The van der Waals surface area contributed by atoms with Crippen LogP contribution in [0.2, 0.25) is 0 Å². The molecule has 0 aliphatic heterocycles. The molecule has 0 saturated heterocycles. The second-order valence-corrected chi connectivity index (χ2v) is 4.53. The molecule has 14 heavy (non-hydrogen) atoms. The third-order valence-corrected chi connectivity index (χ3v) is 3.45. The van der Waals surface area contributed by atoms with E-state index in [2.05, 4.69) is 25.8 Å². The van der Waals surface area contributed by atoms with Crippen LogP contribution < -0.4 is 5.73 Å². The molecular weight excluding hydrogens is 174 g/mol. The van der Waals surface area contributed by atoms with E-state index in [1.165, 1.54) is 12.8 Å². The Hall–Kier alpha value is -0.570. The summed E-state index contributed by atoms with van der Waals surface area (Å²) in [5.74, 6) is 1.20. The van der Waals surface area contributed by atoms with Gasteiger partial charge < -0.3 is 10.6 Å². The van der Waals surface area contributed by atoms with E-state index in [1.807, 2.05) is 0 Å². The van der Waals surface area contributed by atoms with Gasteiger partial charge in [-0.05, 0) is 39.2 Å². The summed E-state index contributed by atoms with van der Waals surface area (Å²) < 4.78 is 0. The molecule has 0 heterocycles. The highest BCUT2D eigenvalue weighted by atomic mass is 15.2. The first-order valence-electron chi connectivity index (χ1n) is 5.61. The first-order chi connectivity index (χ1) is 6.56. The summed E-state index contributed by atoms with van der Waals surface area (Å²) in [6.45, 7) is 4.46. The molecule has 0 radical (unpaired) electrons. The third kappa shape index (κ3) is 2.98. The first-order valence-corrected chi connectivity index (χ1v) is 5.61. The molecule has 3 nitrogen and oxygen atoms in total. The lowest BCUT2D eigenvalue weighted by molar-refractivity contribution is 0.166. The van der Waals surface area contributed by atoms with E-state index >= 15 is 0 Å². The Morgan fingerprint density at radius 3 is 2.50 bits per heavy atom. The van der Waals surface area contributed by atoms with Crippen molar-refractivity contribution < 1.29 is 0 Å². The summed E-state index contributed by atoms with van der Waals surface area (Å²) in [4.78, 5) is 2.40. The van der Waals surface area contributed by atoms with Crippen LogP contribution in [0.5, 0.6) is 0 Å². The lowest BCUT2D eigenvalue weighted by atomic mass is 10.1. The van der Waals surface area contributed by atoms with Gasteiger partial charge in [-0.25, -0.2) is 0 Å². The van der Waals surface area contributed by atoms with Crippen molar-refractivity contribution in [1.82, 2.24) is 4.90 Å². The minimum Gasteiger partial charge on any atom is -0.388 e. The first kappa shape index (κ1) is 11.5. The van der Waals surface area contributed by atoms with Crippen LogP contribution in [0.1, 0.15) is 39.5 Å². The van der Waals surface area contributed by atoms with E-state index in [-0.39, 0.29) is 0 Å². The zero-order chi connectivity index (χ0) is 10.7. The van der Waals surface area contributed by atoms with Crippen molar-refractivity contribution in [2.75, 3.05) is 7.05 Å². The Kier molecular flexibility index (Phi) is 3.93.